The molecule has 2 aromatic carbocycles. The summed E-state index contributed by atoms with van der Waals surface area (Å²) in [5.41, 5.74) is 3.13. The number of hydrogen-bond donors (Lipinski definition) is 2. The molecule has 0 radical (unpaired) electrons. The SMILES string of the molecule is O=C1NCc2cc(-c3nc(-c4ccc(O)cc4)no3)ccc21. The van der Waals surface area contributed by atoms with Crippen LogP contribution in [0.4, 0.5) is 0 Å². The van der Waals surface area contributed by atoms with Crippen LogP contribution in [0.15, 0.2) is 47.0 Å². The average molecular weight is 293 g/mol. The fraction of sp³-hybridized carbons (Fsp3) is 0.0625. The normalized spacial score (nSPS) is 13.0. The van der Waals surface area contributed by atoms with Gasteiger partial charge in [-0.3, -0.25) is 4.79 Å². The van der Waals surface area contributed by atoms with Crippen molar-refractivity contribution in [1.82, 2.24) is 15.5 Å². The van der Waals surface area contributed by atoms with E-state index in [-0.39, 0.29) is 11.7 Å². The molecule has 0 aliphatic carbocycles. The lowest BCUT2D eigenvalue weighted by Crippen LogP contribution is -2.12. The molecular weight excluding hydrogens is 282 g/mol. The number of carbonyl (C=O) groups excluding carboxylic acids is 1. The van der Waals surface area contributed by atoms with Crippen LogP contribution in [0.5, 0.6) is 5.75 Å². The van der Waals surface area contributed by atoms with Crippen molar-refractivity contribution < 1.29 is 14.4 Å². The zero-order valence-corrected chi connectivity index (χ0v) is 11.4. The van der Waals surface area contributed by atoms with Crippen LogP contribution in [0.25, 0.3) is 22.8 Å². The molecule has 22 heavy (non-hydrogen) atoms. The van der Waals surface area contributed by atoms with Gasteiger partial charge in [0.25, 0.3) is 11.8 Å². The van der Waals surface area contributed by atoms with Gasteiger partial charge in [-0.05, 0) is 48.0 Å². The van der Waals surface area contributed by atoms with Crippen LogP contribution in [-0.2, 0) is 6.54 Å². The number of phenolic OH excluding ortho intramolecular Hbond substituents is 1. The van der Waals surface area contributed by atoms with Gasteiger partial charge in [0.15, 0.2) is 0 Å². The van der Waals surface area contributed by atoms with Gasteiger partial charge in [-0.15, -0.1) is 0 Å². The minimum atomic E-state index is -0.0585. The van der Waals surface area contributed by atoms with Crippen molar-refractivity contribution in [3.8, 4) is 28.6 Å². The van der Waals surface area contributed by atoms with E-state index >= 15 is 0 Å². The molecule has 6 nitrogen and oxygen atoms in total. The number of hydrogen-bond acceptors (Lipinski definition) is 5. The molecule has 4 rings (SSSR count). The minimum absolute atomic E-state index is 0.0585. The molecule has 108 valence electrons. The maximum absolute atomic E-state index is 11.5. The van der Waals surface area contributed by atoms with E-state index in [0.717, 1.165) is 16.7 Å². The molecule has 0 saturated heterocycles. The van der Waals surface area contributed by atoms with Crippen molar-refractivity contribution in [2.75, 3.05) is 0 Å². The number of benzene rings is 2. The Morgan fingerprint density at radius 3 is 2.68 bits per heavy atom. The number of nitrogens with zero attached hydrogens (tertiary/aromatic N) is 2. The zero-order valence-electron chi connectivity index (χ0n) is 11.4. The summed E-state index contributed by atoms with van der Waals surface area (Å²) < 4.78 is 5.29. The van der Waals surface area contributed by atoms with Crippen LogP contribution >= 0.6 is 0 Å². The first-order valence-electron chi connectivity index (χ1n) is 6.75. The minimum Gasteiger partial charge on any atom is -0.508 e. The van der Waals surface area contributed by atoms with Crippen LogP contribution in [0.2, 0.25) is 0 Å². The third kappa shape index (κ3) is 2.01. The summed E-state index contributed by atoms with van der Waals surface area (Å²) in [4.78, 5) is 15.9. The molecule has 1 aromatic heterocycles. The highest BCUT2D eigenvalue weighted by Gasteiger charge is 2.20. The van der Waals surface area contributed by atoms with E-state index in [0.29, 0.717) is 23.8 Å². The number of fused-ring (bicyclic) bond motifs is 1. The molecule has 0 fully saturated rings. The fourth-order valence-corrected chi connectivity index (χ4v) is 2.43. The van der Waals surface area contributed by atoms with Crippen LogP contribution in [0.1, 0.15) is 15.9 Å². The zero-order chi connectivity index (χ0) is 15.1. The van der Waals surface area contributed by atoms with Crippen molar-refractivity contribution in [3.63, 3.8) is 0 Å². The van der Waals surface area contributed by atoms with Crippen molar-refractivity contribution in [1.29, 1.82) is 0 Å². The lowest BCUT2D eigenvalue weighted by atomic mass is 10.1. The van der Waals surface area contributed by atoms with Gasteiger partial charge >= 0.3 is 0 Å². The summed E-state index contributed by atoms with van der Waals surface area (Å²) in [6.45, 7) is 0.515. The van der Waals surface area contributed by atoms with E-state index < -0.39 is 0 Å². The number of aromatic hydroxyl groups is 1. The average Bonchev–Trinajstić information content (AvgIpc) is 3.15. The summed E-state index contributed by atoms with van der Waals surface area (Å²) in [6.07, 6.45) is 0. The predicted octanol–water partition coefficient (Wildman–Crippen LogP) is 2.35. The van der Waals surface area contributed by atoms with Gasteiger partial charge in [-0.25, -0.2) is 0 Å². The number of rotatable bonds is 2. The molecule has 0 bridgehead atoms. The van der Waals surface area contributed by atoms with Gasteiger partial charge in [0.1, 0.15) is 5.75 Å². The summed E-state index contributed by atoms with van der Waals surface area (Å²) in [5.74, 6) is 0.968. The molecule has 1 amide bonds. The van der Waals surface area contributed by atoms with E-state index in [2.05, 4.69) is 15.5 Å². The van der Waals surface area contributed by atoms with Gasteiger partial charge < -0.3 is 14.9 Å². The van der Waals surface area contributed by atoms with Gasteiger partial charge in [0, 0.05) is 23.2 Å². The van der Waals surface area contributed by atoms with Crippen LogP contribution in [0.3, 0.4) is 0 Å². The second-order valence-electron chi connectivity index (χ2n) is 5.02. The second-order valence-corrected chi connectivity index (χ2v) is 5.02. The highest BCUT2D eigenvalue weighted by Crippen LogP contribution is 2.26. The Morgan fingerprint density at radius 2 is 1.86 bits per heavy atom. The topological polar surface area (TPSA) is 88.2 Å². The van der Waals surface area contributed by atoms with Crippen LogP contribution < -0.4 is 5.32 Å². The maximum atomic E-state index is 11.5. The first kappa shape index (κ1) is 12.6. The van der Waals surface area contributed by atoms with Gasteiger partial charge in [0.2, 0.25) is 5.82 Å². The van der Waals surface area contributed by atoms with Crippen LogP contribution in [-0.4, -0.2) is 21.2 Å². The number of aromatic nitrogens is 2. The highest BCUT2D eigenvalue weighted by molar-refractivity contribution is 5.98. The third-order valence-corrected chi connectivity index (χ3v) is 3.59. The predicted molar refractivity (Wildman–Crippen MR) is 78.0 cm³/mol. The lowest BCUT2D eigenvalue weighted by molar-refractivity contribution is 0.0966. The van der Waals surface area contributed by atoms with Crippen molar-refractivity contribution in [3.05, 3.63) is 53.6 Å². The first-order valence-corrected chi connectivity index (χ1v) is 6.75. The molecule has 0 spiro atoms. The van der Waals surface area contributed by atoms with E-state index in [9.17, 15) is 9.90 Å². The monoisotopic (exact) mass is 293 g/mol. The largest absolute Gasteiger partial charge is 0.508 e. The number of nitrogens with one attached hydrogen (secondary N) is 1. The molecular formula is C16H11N3O3. The quantitative estimate of drug-likeness (QED) is 0.757. The molecule has 3 aromatic rings. The van der Waals surface area contributed by atoms with Crippen LogP contribution in [0, 0.1) is 0 Å². The highest BCUT2D eigenvalue weighted by atomic mass is 16.5. The van der Waals surface area contributed by atoms with E-state index in [4.69, 9.17) is 4.52 Å². The Morgan fingerprint density at radius 1 is 1.09 bits per heavy atom. The van der Waals surface area contributed by atoms with E-state index in [1.165, 1.54) is 0 Å². The van der Waals surface area contributed by atoms with Gasteiger partial charge in [-0.1, -0.05) is 5.16 Å². The molecule has 1 aliphatic rings. The Balaban J connectivity index is 1.70. The molecule has 1 aliphatic heterocycles. The number of amides is 1. The summed E-state index contributed by atoms with van der Waals surface area (Å²) in [6, 6.07) is 12.0. The van der Waals surface area contributed by atoms with E-state index in [1.54, 1.807) is 36.4 Å². The Kier molecular flexibility index (Phi) is 2.69. The molecule has 0 saturated carbocycles. The third-order valence-electron chi connectivity index (χ3n) is 3.59. The molecule has 2 heterocycles. The summed E-state index contributed by atoms with van der Waals surface area (Å²) >= 11 is 0. The first-order chi connectivity index (χ1) is 10.7. The van der Waals surface area contributed by atoms with Crippen molar-refractivity contribution >= 4 is 5.91 Å². The standard InChI is InChI=1S/C16H11N3O3/c20-12-4-1-9(2-5-12)14-18-16(22-19-14)10-3-6-13-11(7-10)8-17-15(13)21/h1-7,20H,8H2,(H,17,21). The fourth-order valence-electron chi connectivity index (χ4n) is 2.43. The van der Waals surface area contributed by atoms with Gasteiger partial charge in [0.05, 0.1) is 0 Å². The lowest BCUT2D eigenvalue weighted by Gasteiger charge is -1.98. The molecule has 6 heteroatoms. The smallest absolute Gasteiger partial charge is 0.258 e. The summed E-state index contributed by atoms with van der Waals surface area (Å²) in [7, 11) is 0. The number of carbonyl (C=O) groups is 1. The molecule has 0 unspecified atom stereocenters. The van der Waals surface area contributed by atoms with Gasteiger partial charge in [-0.2, -0.15) is 4.98 Å². The Bertz CT molecular complexity index is 869. The Labute approximate surface area is 125 Å². The van der Waals surface area contributed by atoms with Crippen molar-refractivity contribution in [2.24, 2.45) is 0 Å². The maximum Gasteiger partial charge on any atom is 0.258 e. The molecule has 0 atom stereocenters. The van der Waals surface area contributed by atoms with Crippen molar-refractivity contribution in [2.45, 2.75) is 6.54 Å². The molecule has 2 N–H and O–H groups in total. The summed E-state index contributed by atoms with van der Waals surface area (Å²) in [5, 5.41) is 16.0. The van der Waals surface area contributed by atoms with E-state index in [1.807, 2.05) is 6.07 Å². The number of phenols is 1. The Hall–Kier alpha value is -3.15. The second kappa shape index (κ2) is 4.70.